The van der Waals surface area contributed by atoms with Crippen LogP contribution in [-0.4, -0.2) is 29.9 Å². The maximum atomic E-state index is 6.07. The Balaban J connectivity index is 0.00000542. The molecule has 1 aliphatic carbocycles. The van der Waals surface area contributed by atoms with Gasteiger partial charge in [0.05, 0.1) is 22.8 Å². The van der Waals surface area contributed by atoms with Crippen molar-refractivity contribution in [2.24, 2.45) is 0 Å². The number of nitrogens with zero attached hydrogens (tertiary/aromatic N) is 8. The Morgan fingerprint density at radius 3 is 0.642 bits per heavy atom. The second-order valence-electron chi connectivity index (χ2n) is 20.7. The summed E-state index contributed by atoms with van der Waals surface area (Å²) in [5.41, 5.74) is 17.6. The number of rotatable bonds is 4. The minimum Gasteiger partial charge on any atom is -0.656 e. The Hall–Kier alpha value is -10.3. The summed E-state index contributed by atoms with van der Waals surface area (Å²) in [4.78, 5) is 42.6. The van der Waals surface area contributed by atoms with Crippen molar-refractivity contribution < 1.29 is 20.4 Å². The molecule has 81 heavy (non-hydrogen) atoms. The molecule has 14 aromatic rings. The monoisotopic (exact) mass is 1120 g/mol. The van der Waals surface area contributed by atoms with Gasteiger partial charge in [-0.3, -0.25) is 19.9 Å². The zero-order valence-corrected chi connectivity index (χ0v) is 44.5. The molecule has 0 atom stereocenters. The fourth-order valence-corrected chi connectivity index (χ4v) is 12.6. The molecule has 378 valence electrons. The van der Waals surface area contributed by atoms with Gasteiger partial charge in [-0.25, -0.2) is 9.97 Å². The van der Waals surface area contributed by atoms with Crippen molar-refractivity contribution in [3.63, 3.8) is 0 Å². The summed E-state index contributed by atoms with van der Waals surface area (Å²) in [5.74, 6) is 0. The smallest absolute Gasteiger partial charge is 0.656 e. The van der Waals surface area contributed by atoms with Gasteiger partial charge in [0.1, 0.15) is 0 Å². The van der Waals surface area contributed by atoms with Gasteiger partial charge in [-0.2, -0.15) is 0 Å². The summed E-state index contributed by atoms with van der Waals surface area (Å²) in [5, 5.41) is 12.8. The zero-order valence-electron chi connectivity index (χ0n) is 43.0. The minimum atomic E-state index is 0. The average molecular weight is 1120 g/mol. The van der Waals surface area contributed by atoms with Crippen LogP contribution in [0.4, 0.5) is 0 Å². The maximum Gasteiger partial charge on any atom is 2.00 e. The van der Waals surface area contributed by atoms with Crippen molar-refractivity contribution in [3.8, 4) is 89.5 Å². The summed E-state index contributed by atoms with van der Waals surface area (Å²) >= 11 is 0. The van der Waals surface area contributed by atoms with E-state index in [9.17, 15) is 0 Å². The molecule has 6 aromatic heterocycles. The molecule has 0 amide bonds. The molecule has 9 heteroatoms. The second-order valence-corrected chi connectivity index (χ2v) is 20.7. The summed E-state index contributed by atoms with van der Waals surface area (Å²) < 4.78 is 0. The van der Waals surface area contributed by atoms with Crippen LogP contribution in [0.15, 0.2) is 244 Å². The Bertz CT molecular complexity index is 4640. The summed E-state index contributed by atoms with van der Waals surface area (Å²) in [6, 6.07) is 69.5. The van der Waals surface area contributed by atoms with Gasteiger partial charge in [0, 0.05) is 71.8 Å². The SMILES string of the molecule is [Pd+2].c1ccc2cc3c(cc2c1)-c1nc-3c(-c2ccncc2)c2[n-]c(c(-c3ccncc3)c3nc(c(-c4ccncc4)c4[n-]c(c1-c1ccncc1)c1cc5ccccc5cc41)-c1cc4ccccc4cc1-3)c1cc3ccccc3cc21. The van der Waals surface area contributed by atoms with Crippen molar-refractivity contribution in [2.45, 2.75) is 0 Å². The van der Waals surface area contributed by atoms with E-state index in [1.165, 1.54) is 0 Å². The van der Waals surface area contributed by atoms with Crippen LogP contribution in [0, 0.1) is 0 Å². The number of hydrogen-bond donors (Lipinski definition) is 0. The van der Waals surface area contributed by atoms with Gasteiger partial charge in [0.15, 0.2) is 0 Å². The third-order valence-electron chi connectivity index (χ3n) is 16.2. The van der Waals surface area contributed by atoms with Crippen LogP contribution in [0.5, 0.6) is 0 Å². The molecule has 0 spiro atoms. The molecule has 0 radical (unpaired) electrons. The molecular formula is C72H40N8Pd. The van der Waals surface area contributed by atoms with Gasteiger partial charge >= 0.3 is 20.4 Å². The van der Waals surface area contributed by atoms with E-state index < -0.39 is 0 Å². The Labute approximate surface area is 477 Å². The van der Waals surface area contributed by atoms with Gasteiger partial charge in [-0.1, -0.05) is 97.1 Å². The third kappa shape index (κ3) is 7.27. The van der Waals surface area contributed by atoms with E-state index >= 15 is 0 Å². The number of fused-ring (bicyclic) bond motifs is 4. The molecule has 8 nitrogen and oxygen atoms in total. The first-order valence-corrected chi connectivity index (χ1v) is 26.8. The van der Waals surface area contributed by atoms with Crippen LogP contribution >= 0.6 is 0 Å². The summed E-state index contributed by atoms with van der Waals surface area (Å²) in [6.45, 7) is 0. The fraction of sp³-hybridized carbons (Fsp3) is 0. The van der Waals surface area contributed by atoms with Crippen molar-refractivity contribution in [2.75, 3.05) is 0 Å². The van der Waals surface area contributed by atoms with Crippen LogP contribution in [0.3, 0.4) is 0 Å². The van der Waals surface area contributed by atoms with Crippen molar-refractivity contribution >= 4 is 86.7 Å². The van der Waals surface area contributed by atoms with Crippen molar-refractivity contribution in [1.29, 1.82) is 0 Å². The summed E-state index contributed by atoms with van der Waals surface area (Å²) in [6.07, 6.45) is 14.9. The number of benzene rings is 8. The van der Waals surface area contributed by atoms with Gasteiger partial charge in [-0.15, -0.1) is 22.1 Å². The molecular weight excluding hydrogens is 1080 g/mol. The van der Waals surface area contributed by atoms with Gasteiger partial charge in [-0.05, 0) is 206 Å². The van der Waals surface area contributed by atoms with Crippen molar-refractivity contribution in [3.05, 3.63) is 244 Å². The average Bonchev–Trinajstić information content (AvgIpc) is 3.51. The molecule has 0 N–H and O–H groups in total. The van der Waals surface area contributed by atoms with Crippen LogP contribution in [0.1, 0.15) is 0 Å². The first kappa shape index (κ1) is 46.8. The molecule has 0 unspecified atom stereocenters. The topological polar surface area (TPSA) is 106 Å². The Morgan fingerprint density at radius 1 is 0.235 bits per heavy atom. The molecule has 2 aliphatic heterocycles. The predicted molar refractivity (Wildman–Crippen MR) is 326 cm³/mol. The molecule has 8 aromatic carbocycles. The van der Waals surface area contributed by atoms with E-state index in [-0.39, 0.29) is 20.4 Å². The number of pyridine rings is 4. The molecule has 3 aliphatic rings. The molecule has 0 saturated carbocycles. The van der Waals surface area contributed by atoms with Crippen LogP contribution in [0.2, 0.25) is 0 Å². The second kappa shape index (κ2) is 18.4. The van der Waals surface area contributed by atoms with Crippen molar-refractivity contribution in [1.82, 2.24) is 39.9 Å². The zero-order chi connectivity index (χ0) is 52.4. The van der Waals surface area contributed by atoms with Gasteiger partial charge in [0.2, 0.25) is 0 Å². The molecule has 0 saturated heterocycles. The Morgan fingerprint density at radius 2 is 0.432 bits per heavy atom. The first-order valence-electron chi connectivity index (χ1n) is 26.8. The third-order valence-corrected chi connectivity index (χ3v) is 16.2. The van der Waals surface area contributed by atoms with E-state index in [1.54, 1.807) is 0 Å². The molecule has 8 bridgehead atoms. The summed E-state index contributed by atoms with van der Waals surface area (Å²) in [7, 11) is 0. The first-order chi connectivity index (χ1) is 39.7. The van der Waals surface area contributed by atoms with E-state index in [0.717, 1.165) is 176 Å². The quantitative estimate of drug-likeness (QED) is 0.161. The van der Waals surface area contributed by atoms with E-state index in [4.69, 9.17) is 19.9 Å². The number of aromatic nitrogens is 8. The van der Waals surface area contributed by atoms with Crippen LogP contribution in [0.25, 0.3) is 176 Å². The normalized spacial score (nSPS) is 11.9. The maximum absolute atomic E-state index is 6.07. The molecule has 17 rings (SSSR count). The standard InChI is InChI=1S/C72H40N8.Pd/c1-2-10-46-34-54-53(33-45(46)9-1)65-61(41-17-25-73-26-18-41)67-55-35-47-11-3-4-12-48(47)36-56(55)69(78-67)63(43-21-29-75-30-22-43)71-59-39-51-15-7-8-16-52(51)40-60(59)72(80-71)64(44-23-31-76-32-24-44)70-58-38-50-14-6-5-13-49(50)37-57(58)68(79-70)62(66(54)77-65)42-19-27-74-28-20-42;/h1-40H;/q-2;+2. The minimum absolute atomic E-state index is 0. The number of hydrogen-bond acceptors (Lipinski definition) is 6. The molecule has 8 heterocycles. The van der Waals surface area contributed by atoms with Crippen LogP contribution < -0.4 is 9.97 Å². The van der Waals surface area contributed by atoms with E-state index in [1.807, 2.05) is 49.6 Å². The predicted octanol–water partition coefficient (Wildman–Crippen LogP) is 17.4. The van der Waals surface area contributed by atoms with E-state index in [2.05, 4.69) is 214 Å². The van der Waals surface area contributed by atoms with E-state index in [0.29, 0.717) is 0 Å². The van der Waals surface area contributed by atoms with Gasteiger partial charge in [0.25, 0.3) is 0 Å². The molecule has 0 fully saturated rings. The van der Waals surface area contributed by atoms with Gasteiger partial charge < -0.3 is 9.97 Å². The Kier molecular flexibility index (Phi) is 10.6. The largest absolute Gasteiger partial charge is 2.00 e. The fourth-order valence-electron chi connectivity index (χ4n) is 12.6. The van der Waals surface area contributed by atoms with Crippen LogP contribution in [-0.2, 0) is 20.4 Å².